The number of nitrogen functional groups attached to an aromatic ring is 1. The standard InChI is InChI=1S/C13H26N6O2/c1-9(2)21-12-17-10(16-11(18-12)19-14)15-8-13(3,4)6-5-7-20/h9,20H,5-8,14H2,1-4H3,(H2,15,16,17,18,19). The molecule has 120 valence electrons. The van der Waals surface area contributed by atoms with E-state index in [9.17, 15) is 0 Å². The second kappa shape index (κ2) is 7.94. The lowest BCUT2D eigenvalue weighted by Gasteiger charge is -2.24. The minimum Gasteiger partial charge on any atom is -0.461 e. The molecule has 0 radical (unpaired) electrons. The van der Waals surface area contributed by atoms with E-state index in [2.05, 4.69) is 39.5 Å². The number of hydrogen-bond acceptors (Lipinski definition) is 8. The van der Waals surface area contributed by atoms with Crippen LogP contribution in [0.2, 0.25) is 0 Å². The van der Waals surface area contributed by atoms with Gasteiger partial charge in [0.2, 0.25) is 11.9 Å². The Kier molecular flexibility index (Phi) is 6.57. The summed E-state index contributed by atoms with van der Waals surface area (Å²) in [6, 6.07) is 0.226. The van der Waals surface area contributed by atoms with Crippen molar-refractivity contribution in [2.24, 2.45) is 11.3 Å². The molecule has 0 unspecified atom stereocenters. The molecule has 8 nitrogen and oxygen atoms in total. The molecule has 0 saturated heterocycles. The van der Waals surface area contributed by atoms with Gasteiger partial charge in [-0.2, -0.15) is 15.0 Å². The van der Waals surface area contributed by atoms with Gasteiger partial charge in [-0.1, -0.05) is 13.8 Å². The van der Waals surface area contributed by atoms with Crippen molar-refractivity contribution in [1.82, 2.24) is 15.0 Å². The molecule has 0 aliphatic carbocycles. The largest absolute Gasteiger partial charge is 0.461 e. The number of ether oxygens (including phenoxy) is 1. The van der Waals surface area contributed by atoms with E-state index in [4.69, 9.17) is 15.7 Å². The van der Waals surface area contributed by atoms with Gasteiger partial charge in [-0.15, -0.1) is 0 Å². The Morgan fingerprint density at radius 3 is 2.48 bits per heavy atom. The number of aliphatic hydroxyl groups excluding tert-OH is 1. The molecule has 1 aromatic heterocycles. The number of nitrogens with two attached hydrogens (primary N) is 1. The average molecular weight is 298 g/mol. The van der Waals surface area contributed by atoms with Crippen molar-refractivity contribution in [3.05, 3.63) is 0 Å². The third-order valence-corrected chi connectivity index (χ3v) is 2.82. The van der Waals surface area contributed by atoms with Crippen LogP contribution in [0.25, 0.3) is 0 Å². The van der Waals surface area contributed by atoms with E-state index < -0.39 is 0 Å². The van der Waals surface area contributed by atoms with Gasteiger partial charge in [-0.05, 0) is 32.1 Å². The molecule has 1 aromatic rings. The Morgan fingerprint density at radius 1 is 1.24 bits per heavy atom. The molecule has 0 aliphatic heterocycles. The van der Waals surface area contributed by atoms with E-state index in [-0.39, 0.29) is 30.1 Å². The summed E-state index contributed by atoms with van der Waals surface area (Å²) in [5.74, 6) is 6.01. The van der Waals surface area contributed by atoms with Crippen LogP contribution in [0.3, 0.4) is 0 Å². The van der Waals surface area contributed by atoms with E-state index in [0.717, 1.165) is 12.8 Å². The van der Waals surface area contributed by atoms with Crippen LogP contribution in [-0.4, -0.2) is 39.3 Å². The normalized spacial score (nSPS) is 11.6. The zero-order valence-corrected chi connectivity index (χ0v) is 13.2. The molecule has 0 bridgehead atoms. The fraction of sp³-hybridized carbons (Fsp3) is 0.769. The lowest BCUT2D eigenvalue weighted by molar-refractivity contribution is 0.222. The van der Waals surface area contributed by atoms with Gasteiger partial charge in [0.1, 0.15) is 0 Å². The average Bonchev–Trinajstić information content (AvgIpc) is 2.42. The Balaban J connectivity index is 2.73. The van der Waals surface area contributed by atoms with Crippen LogP contribution in [0.5, 0.6) is 6.01 Å². The molecule has 5 N–H and O–H groups in total. The molecule has 8 heteroatoms. The third-order valence-electron chi connectivity index (χ3n) is 2.82. The molecule has 0 spiro atoms. The predicted molar refractivity (Wildman–Crippen MR) is 82.0 cm³/mol. The second-order valence-corrected chi connectivity index (χ2v) is 5.92. The van der Waals surface area contributed by atoms with Gasteiger partial charge >= 0.3 is 6.01 Å². The highest BCUT2D eigenvalue weighted by Crippen LogP contribution is 2.22. The Bertz CT molecular complexity index is 439. The van der Waals surface area contributed by atoms with E-state index >= 15 is 0 Å². The topological polar surface area (TPSA) is 118 Å². The second-order valence-electron chi connectivity index (χ2n) is 5.92. The van der Waals surface area contributed by atoms with Gasteiger partial charge < -0.3 is 15.2 Å². The molecule has 1 heterocycles. The fourth-order valence-electron chi connectivity index (χ4n) is 1.73. The van der Waals surface area contributed by atoms with Crippen molar-refractivity contribution >= 4 is 11.9 Å². The number of hydrogen-bond donors (Lipinski definition) is 4. The molecule has 21 heavy (non-hydrogen) atoms. The summed E-state index contributed by atoms with van der Waals surface area (Å²) in [5, 5.41) is 12.1. The SMILES string of the molecule is CC(C)Oc1nc(NN)nc(NCC(C)(C)CCCO)n1. The van der Waals surface area contributed by atoms with Crippen molar-refractivity contribution in [3.63, 3.8) is 0 Å². The minimum absolute atomic E-state index is 0.0186. The number of rotatable bonds is 9. The molecular weight excluding hydrogens is 272 g/mol. The van der Waals surface area contributed by atoms with Crippen molar-refractivity contribution in [2.75, 3.05) is 23.9 Å². The summed E-state index contributed by atoms with van der Waals surface area (Å²) in [6.07, 6.45) is 1.63. The molecule has 1 rings (SSSR count). The van der Waals surface area contributed by atoms with E-state index in [1.807, 2.05) is 13.8 Å². The van der Waals surface area contributed by atoms with Crippen LogP contribution in [0, 0.1) is 5.41 Å². The number of aromatic nitrogens is 3. The summed E-state index contributed by atoms with van der Waals surface area (Å²) in [6.45, 7) is 8.88. The summed E-state index contributed by atoms with van der Waals surface area (Å²) in [7, 11) is 0. The number of nitrogens with zero attached hydrogens (tertiary/aromatic N) is 3. The maximum Gasteiger partial charge on any atom is 0.323 e. The highest BCUT2D eigenvalue weighted by molar-refractivity contribution is 5.35. The van der Waals surface area contributed by atoms with Gasteiger partial charge in [-0.25, -0.2) is 5.84 Å². The van der Waals surface area contributed by atoms with Gasteiger partial charge in [-0.3, -0.25) is 5.43 Å². The molecule has 0 fully saturated rings. The summed E-state index contributed by atoms with van der Waals surface area (Å²) >= 11 is 0. The van der Waals surface area contributed by atoms with Crippen molar-refractivity contribution in [3.8, 4) is 6.01 Å². The lowest BCUT2D eigenvalue weighted by atomic mass is 9.88. The van der Waals surface area contributed by atoms with Crippen LogP contribution < -0.4 is 21.3 Å². The van der Waals surface area contributed by atoms with Crippen LogP contribution >= 0.6 is 0 Å². The van der Waals surface area contributed by atoms with Crippen molar-refractivity contribution in [2.45, 2.75) is 46.6 Å². The highest BCUT2D eigenvalue weighted by Gasteiger charge is 2.18. The molecule has 0 saturated carbocycles. The smallest absolute Gasteiger partial charge is 0.323 e. The molecule has 0 aromatic carbocycles. The monoisotopic (exact) mass is 298 g/mol. The highest BCUT2D eigenvalue weighted by atomic mass is 16.5. The van der Waals surface area contributed by atoms with Gasteiger partial charge in [0.05, 0.1) is 6.10 Å². The van der Waals surface area contributed by atoms with Crippen LogP contribution in [0.15, 0.2) is 0 Å². The lowest BCUT2D eigenvalue weighted by Crippen LogP contribution is -2.25. The minimum atomic E-state index is -0.0353. The first-order chi connectivity index (χ1) is 9.86. The number of aliphatic hydroxyl groups is 1. The number of nitrogens with one attached hydrogen (secondary N) is 2. The Morgan fingerprint density at radius 2 is 1.90 bits per heavy atom. The first-order valence-corrected chi connectivity index (χ1v) is 7.10. The van der Waals surface area contributed by atoms with E-state index in [1.165, 1.54) is 0 Å². The number of hydrazine groups is 1. The summed E-state index contributed by atoms with van der Waals surface area (Å²) < 4.78 is 5.46. The summed E-state index contributed by atoms with van der Waals surface area (Å²) in [4.78, 5) is 12.4. The van der Waals surface area contributed by atoms with Gasteiger partial charge in [0, 0.05) is 13.2 Å². The van der Waals surface area contributed by atoms with Crippen molar-refractivity contribution < 1.29 is 9.84 Å². The summed E-state index contributed by atoms with van der Waals surface area (Å²) in [5.41, 5.74) is 2.42. The number of anilines is 2. The quantitative estimate of drug-likeness (QED) is 0.396. The van der Waals surface area contributed by atoms with Gasteiger partial charge in [0.15, 0.2) is 0 Å². The van der Waals surface area contributed by atoms with Crippen molar-refractivity contribution in [1.29, 1.82) is 0 Å². The first-order valence-electron chi connectivity index (χ1n) is 7.10. The van der Waals surface area contributed by atoms with Gasteiger partial charge in [0.25, 0.3) is 0 Å². The maximum atomic E-state index is 8.91. The fourth-order valence-corrected chi connectivity index (χ4v) is 1.73. The van der Waals surface area contributed by atoms with Crippen LogP contribution in [-0.2, 0) is 0 Å². The third kappa shape index (κ3) is 6.54. The molecule has 0 aliphatic rings. The predicted octanol–water partition coefficient (Wildman–Crippen LogP) is 1.15. The molecule has 0 amide bonds. The first kappa shape index (κ1) is 17.4. The Hall–Kier alpha value is -1.67. The molecular formula is C13H26N6O2. The molecule has 0 atom stereocenters. The van der Waals surface area contributed by atoms with E-state index in [1.54, 1.807) is 0 Å². The van der Waals surface area contributed by atoms with Crippen LogP contribution in [0.4, 0.5) is 11.9 Å². The zero-order valence-electron chi connectivity index (χ0n) is 13.2. The maximum absolute atomic E-state index is 8.91. The zero-order chi connectivity index (χ0) is 15.9. The van der Waals surface area contributed by atoms with E-state index in [0.29, 0.717) is 12.5 Å². The Labute approximate surface area is 125 Å². The van der Waals surface area contributed by atoms with Crippen LogP contribution in [0.1, 0.15) is 40.5 Å².